The Morgan fingerprint density at radius 3 is 2.41 bits per heavy atom. The zero-order valence-corrected chi connectivity index (χ0v) is 28.5. The van der Waals surface area contributed by atoms with E-state index in [1.807, 2.05) is 20.8 Å². The summed E-state index contributed by atoms with van der Waals surface area (Å²) in [6, 6.07) is 8.17. The molecule has 3 fully saturated rings. The van der Waals surface area contributed by atoms with E-state index in [1.54, 1.807) is 18.2 Å². The molecule has 4 aliphatic rings. The first-order valence-corrected chi connectivity index (χ1v) is 17.6. The van der Waals surface area contributed by atoms with Crippen molar-refractivity contribution in [1.82, 2.24) is 19.8 Å². The molecule has 6 rings (SSSR count). The minimum Gasteiger partial charge on any atom is -0.444 e. The van der Waals surface area contributed by atoms with Crippen LogP contribution in [0.1, 0.15) is 57.6 Å². The maximum Gasteiger partial charge on any atom is 0.410 e. The van der Waals surface area contributed by atoms with E-state index >= 15 is 0 Å². The predicted octanol–water partition coefficient (Wildman–Crippen LogP) is 3.92. The Morgan fingerprint density at radius 2 is 1.80 bits per heavy atom. The summed E-state index contributed by atoms with van der Waals surface area (Å²) >= 11 is 0. The van der Waals surface area contributed by atoms with Gasteiger partial charge in [-0.15, -0.1) is 6.58 Å². The number of benzene rings is 2. The van der Waals surface area contributed by atoms with Crippen molar-refractivity contribution >= 4 is 40.5 Å². The van der Waals surface area contributed by atoms with Gasteiger partial charge >= 0.3 is 6.09 Å². The lowest BCUT2D eigenvalue weighted by Gasteiger charge is -2.36. The molecule has 2 saturated carbocycles. The van der Waals surface area contributed by atoms with Gasteiger partial charge in [-0.2, -0.15) is 0 Å². The fraction of sp³-hybridized carbons (Fsp3) is 0.486. The molecule has 11 nitrogen and oxygen atoms in total. The molecule has 2 heterocycles. The van der Waals surface area contributed by atoms with Crippen LogP contribution in [0.5, 0.6) is 0 Å². The smallest absolute Gasteiger partial charge is 0.410 e. The van der Waals surface area contributed by atoms with Crippen LogP contribution in [0, 0.1) is 23.0 Å². The van der Waals surface area contributed by atoms with Crippen LogP contribution >= 0.6 is 0 Å². The zero-order chi connectivity index (χ0) is 35.2. The van der Waals surface area contributed by atoms with Crippen LogP contribution < -0.4 is 15.4 Å². The average molecular weight is 698 g/mol. The lowest BCUT2D eigenvalue weighted by atomic mass is 9.85. The van der Waals surface area contributed by atoms with E-state index in [0.717, 1.165) is 12.8 Å². The van der Waals surface area contributed by atoms with E-state index in [4.69, 9.17) is 4.74 Å². The van der Waals surface area contributed by atoms with Gasteiger partial charge in [0, 0.05) is 30.1 Å². The number of ether oxygens (including phenoxy) is 1. The summed E-state index contributed by atoms with van der Waals surface area (Å²) in [5.74, 6) is -2.94. The zero-order valence-electron chi connectivity index (χ0n) is 27.7. The van der Waals surface area contributed by atoms with Gasteiger partial charge in [0.25, 0.3) is 5.91 Å². The highest BCUT2D eigenvalue weighted by atomic mass is 32.2. The van der Waals surface area contributed by atoms with Gasteiger partial charge in [-0.25, -0.2) is 17.8 Å². The molecule has 2 aliphatic heterocycles. The van der Waals surface area contributed by atoms with Gasteiger partial charge in [0.15, 0.2) is 0 Å². The van der Waals surface area contributed by atoms with E-state index in [0.29, 0.717) is 16.8 Å². The van der Waals surface area contributed by atoms with E-state index < -0.39 is 81.5 Å². The summed E-state index contributed by atoms with van der Waals surface area (Å²) in [7, 11) is -1.58. The van der Waals surface area contributed by atoms with Crippen molar-refractivity contribution in [3.8, 4) is 0 Å². The first kappa shape index (κ1) is 34.5. The molecule has 2 aromatic carbocycles. The summed E-state index contributed by atoms with van der Waals surface area (Å²) in [4.78, 5) is 57.9. The van der Waals surface area contributed by atoms with Crippen molar-refractivity contribution in [1.29, 1.82) is 0 Å². The topological polar surface area (TPSA) is 137 Å². The third-order valence-electron chi connectivity index (χ3n) is 9.64. The average Bonchev–Trinajstić information content (AvgIpc) is 3.93. The van der Waals surface area contributed by atoms with Crippen LogP contribution in [-0.4, -0.2) is 73.3 Å². The van der Waals surface area contributed by atoms with E-state index in [2.05, 4.69) is 21.9 Å². The summed E-state index contributed by atoms with van der Waals surface area (Å²) in [6.07, 6.45) is 1.63. The SMILES string of the molecule is C=CC1CC1(NC(=O)C1CC(OC(=O)N2Cc3cccc(F)c3C2)CN1C(=O)C(Nc1ccc(F)cc1)C(C)(C)C)C(=O)NS(=O)C1CC1. The maximum absolute atomic E-state index is 14.4. The molecule has 2 aliphatic carbocycles. The summed E-state index contributed by atoms with van der Waals surface area (Å²) in [6.45, 7) is 9.38. The van der Waals surface area contributed by atoms with Crippen LogP contribution in [0.4, 0.5) is 19.3 Å². The molecule has 6 unspecified atom stereocenters. The number of anilines is 1. The van der Waals surface area contributed by atoms with Crippen LogP contribution in [0.2, 0.25) is 0 Å². The Labute approximate surface area is 286 Å². The number of halogens is 2. The van der Waals surface area contributed by atoms with Crippen molar-refractivity contribution in [3.63, 3.8) is 0 Å². The fourth-order valence-corrected chi connectivity index (χ4v) is 7.61. The first-order valence-electron chi connectivity index (χ1n) is 16.4. The van der Waals surface area contributed by atoms with E-state index in [9.17, 15) is 32.2 Å². The third kappa shape index (κ3) is 7.19. The number of likely N-dealkylation sites (tertiary alicyclic amines) is 1. The molecule has 6 atom stereocenters. The number of fused-ring (bicyclic) bond motifs is 1. The van der Waals surface area contributed by atoms with Gasteiger partial charge < -0.3 is 20.3 Å². The van der Waals surface area contributed by atoms with Crippen LogP contribution in [0.3, 0.4) is 0 Å². The van der Waals surface area contributed by atoms with Gasteiger partial charge in [-0.3, -0.25) is 24.0 Å². The van der Waals surface area contributed by atoms with E-state index in [1.165, 1.54) is 40.1 Å². The monoisotopic (exact) mass is 697 g/mol. The Hall–Kier alpha value is -4.33. The van der Waals surface area contributed by atoms with Crippen molar-refractivity contribution in [2.45, 2.75) is 88.5 Å². The second-order valence-electron chi connectivity index (χ2n) is 14.4. The minimum atomic E-state index is -1.58. The van der Waals surface area contributed by atoms with Crippen molar-refractivity contribution < 1.29 is 36.9 Å². The van der Waals surface area contributed by atoms with E-state index in [-0.39, 0.29) is 37.7 Å². The molecule has 2 aromatic rings. The maximum atomic E-state index is 14.4. The summed E-state index contributed by atoms with van der Waals surface area (Å²) < 4.78 is 49.0. The number of carbonyl (C=O) groups excluding carboxylic acids is 4. The highest BCUT2D eigenvalue weighted by Gasteiger charge is 2.61. The normalized spacial score (nSPS) is 25.5. The fourth-order valence-electron chi connectivity index (χ4n) is 6.51. The molecule has 262 valence electrons. The molecule has 0 bridgehead atoms. The molecular formula is C35H41F2N5O6S. The minimum absolute atomic E-state index is 0.0244. The molecule has 0 aromatic heterocycles. The number of nitrogens with zero attached hydrogens (tertiary/aromatic N) is 2. The van der Waals surface area contributed by atoms with Gasteiger partial charge in [0.05, 0.1) is 18.3 Å². The molecule has 49 heavy (non-hydrogen) atoms. The first-order chi connectivity index (χ1) is 23.2. The van der Waals surface area contributed by atoms with Crippen molar-refractivity contribution in [3.05, 3.63) is 77.9 Å². The van der Waals surface area contributed by atoms with Crippen LogP contribution in [-0.2, 0) is 43.2 Å². The summed E-state index contributed by atoms with van der Waals surface area (Å²) in [5.41, 5.74) is -0.499. The number of hydrogen-bond donors (Lipinski definition) is 3. The Bertz CT molecular complexity index is 1700. The molecule has 4 amide bonds. The molecule has 1 saturated heterocycles. The Kier molecular flexibility index (Phi) is 9.29. The Morgan fingerprint density at radius 1 is 1.08 bits per heavy atom. The number of nitrogens with one attached hydrogen (secondary N) is 3. The standard InChI is InChI=1S/C35H41F2N5O6S/c1-5-21-16-35(21,32(45)40-49(47)25-13-14-25)39-30(43)28-15-24(48-33(46)41-17-20-7-6-8-27(37)26(20)19-41)18-42(28)31(44)29(34(2,3)4)38-23-11-9-22(36)10-12-23/h5-12,21,24-25,28-29,38H,1,13-19H2,2-4H3,(H,39,43)(H,40,45). The highest BCUT2D eigenvalue weighted by Crippen LogP contribution is 2.45. The lowest BCUT2D eigenvalue weighted by molar-refractivity contribution is -0.141. The molecular weight excluding hydrogens is 656 g/mol. The van der Waals surface area contributed by atoms with Crippen LogP contribution in [0.25, 0.3) is 0 Å². The molecule has 0 radical (unpaired) electrons. The molecule has 0 spiro atoms. The molecule has 3 N–H and O–H groups in total. The van der Waals surface area contributed by atoms with Crippen LogP contribution in [0.15, 0.2) is 55.1 Å². The molecule has 14 heteroatoms. The largest absolute Gasteiger partial charge is 0.444 e. The number of rotatable bonds is 10. The summed E-state index contributed by atoms with van der Waals surface area (Å²) in [5, 5.41) is 5.90. The van der Waals surface area contributed by atoms with Gasteiger partial charge in [0.2, 0.25) is 11.8 Å². The van der Waals surface area contributed by atoms with Crippen molar-refractivity contribution in [2.75, 3.05) is 11.9 Å². The lowest BCUT2D eigenvalue weighted by Crippen LogP contribution is -2.58. The number of carbonyl (C=O) groups is 4. The number of hydrogen-bond acceptors (Lipinski definition) is 7. The predicted molar refractivity (Wildman–Crippen MR) is 178 cm³/mol. The van der Waals surface area contributed by atoms with Gasteiger partial charge in [-0.05, 0) is 60.6 Å². The highest BCUT2D eigenvalue weighted by molar-refractivity contribution is 7.84. The Balaban J connectivity index is 1.23. The van der Waals surface area contributed by atoms with Crippen molar-refractivity contribution in [2.24, 2.45) is 11.3 Å². The number of amides is 4. The quantitative estimate of drug-likeness (QED) is 0.321. The van der Waals surface area contributed by atoms with Gasteiger partial charge in [-0.1, -0.05) is 39.0 Å². The third-order valence-corrected chi connectivity index (χ3v) is 11.1. The van der Waals surface area contributed by atoms with Gasteiger partial charge in [0.1, 0.15) is 46.3 Å². The second-order valence-corrected chi connectivity index (χ2v) is 15.8. The second kappa shape index (κ2) is 13.2.